The number of aryl methyl sites for hydroxylation is 2. The number of halogens is 4. The van der Waals surface area contributed by atoms with Gasteiger partial charge in [-0.05, 0) is 86.0 Å². The van der Waals surface area contributed by atoms with Crippen molar-refractivity contribution in [2.24, 2.45) is 0 Å². The van der Waals surface area contributed by atoms with Gasteiger partial charge in [0.2, 0.25) is 0 Å². The van der Waals surface area contributed by atoms with Crippen LogP contribution in [0.25, 0.3) is 22.2 Å². The minimum absolute atomic E-state index is 0.000964. The van der Waals surface area contributed by atoms with E-state index in [1.165, 1.54) is 0 Å². The van der Waals surface area contributed by atoms with Crippen molar-refractivity contribution in [1.29, 1.82) is 0 Å². The van der Waals surface area contributed by atoms with Crippen molar-refractivity contribution in [2.45, 2.75) is 33.6 Å². The molecule has 0 unspecified atom stereocenters. The van der Waals surface area contributed by atoms with Crippen molar-refractivity contribution in [1.82, 2.24) is 4.98 Å². The van der Waals surface area contributed by atoms with Crippen LogP contribution in [0.5, 0.6) is 5.75 Å². The molecule has 0 aliphatic heterocycles. The zero-order valence-corrected chi connectivity index (χ0v) is 23.3. The van der Waals surface area contributed by atoms with E-state index in [1.54, 1.807) is 6.92 Å². The number of hydrogen-bond donors (Lipinski definition) is 1. The van der Waals surface area contributed by atoms with Crippen LogP contribution in [0.15, 0.2) is 84.9 Å². The second-order valence-electron chi connectivity index (χ2n) is 9.88. The molecule has 41 heavy (non-hydrogen) atoms. The molecule has 4 nitrogen and oxygen atoms in total. The number of hydrogen-bond acceptors (Lipinski definition) is 3. The van der Waals surface area contributed by atoms with Gasteiger partial charge in [-0.3, -0.25) is 4.79 Å². The number of ether oxygens (including phenoxy) is 1. The minimum Gasteiger partial charge on any atom is -0.489 e. The molecule has 0 spiro atoms. The lowest BCUT2D eigenvalue weighted by atomic mass is 9.94. The first-order chi connectivity index (χ1) is 19.5. The summed E-state index contributed by atoms with van der Waals surface area (Å²) >= 11 is 6.19. The summed E-state index contributed by atoms with van der Waals surface area (Å²) in [5.74, 6) is 0.102. The summed E-state index contributed by atoms with van der Waals surface area (Å²) in [6.45, 7) is 6.03. The van der Waals surface area contributed by atoms with E-state index in [-0.39, 0.29) is 10.7 Å². The molecule has 5 aromatic rings. The van der Waals surface area contributed by atoms with Gasteiger partial charge in [0.15, 0.2) is 0 Å². The molecule has 0 bridgehead atoms. The van der Waals surface area contributed by atoms with Crippen LogP contribution in [-0.2, 0) is 12.8 Å². The van der Waals surface area contributed by atoms with Crippen LogP contribution in [0.2, 0.25) is 5.02 Å². The molecule has 8 heteroatoms. The molecule has 5 rings (SSSR count). The number of rotatable bonds is 6. The topological polar surface area (TPSA) is 51.2 Å². The summed E-state index contributed by atoms with van der Waals surface area (Å²) < 4.78 is 46.0. The van der Waals surface area contributed by atoms with Crippen LogP contribution in [0.4, 0.5) is 18.9 Å². The highest BCUT2D eigenvalue weighted by Crippen LogP contribution is 2.36. The van der Waals surface area contributed by atoms with E-state index in [0.717, 1.165) is 40.5 Å². The fourth-order valence-electron chi connectivity index (χ4n) is 4.82. The maximum atomic E-state index is 13.7. The van der Waals surface area contributed by atoms with Crippen molar-refractivity contribution in [3.05, 3.63) is 123 Å². The third kappa shape index (κ3) is 6.05. The Hall–Kier alpha value is -4.36. The number of fused-ring (bicyclic) bond motifs is 1. The number of pyridine rings is 1. The van der Waals surface area contributed by atoms with E-state index in [9.17, 15) is 18.0 Å². The van der Waals surface area contributed by atoms with Gasteiger partial charge in [0.1, 0.15) is 12.4 Å². The van der Waals surface area contributed by atoms with E-state index in [0.29, 0.717) is 40.1 Å². The number of anilines is 1. The molecule has 0 fully saturated rings. The molecular weight excluding hydrogens is 549 g/mol. The fourth-order valence-corrected chi connectivity index (χ4v) is 4.99. The molecule has 1 heterocycles. The molecule has 1 N–H and O–H groups in total. The Bertz CT molecular complexity index is 1750. The van der Waals surface area contributed by atoms with Gasteiger partial charge in [0.05, 0.1) is 33.0 Å². The quantitative estimate of drug-likeness (QED) is 0.220. The van der Waals surface area contributed by atoms with Gasteiger partial charge in [0.25, 0.3) is 5.91 Å². The first-order valence-corrected chi connectivity index (χ1v) is 13.3. The van der Waals surface area contributed by atoms with Crippen LogP contribution in [0.3, 0.4) is 0 Å². The normalized spacial score (nSPS) is 11.5. The van der Waals surface area contributed by atoms with Crippen LogP contribution in [0, 0.1) is 20.8 Å². The Morgan fingerprint density at radius 1 is 0.927 bits per heavy atom. The SMILES string of the molecule is Cc1cc(C)c2nc(-c3ccc(OCc4ccccc4)cc3)c(C)c(C(=O)Nc3cc(C(F)(F)F)ccc3Cl)c2c1. The highest BCUT2D eigenvalue weighted by Gasteiger charge is 2.31. The molecule has 0 atom stereocenters. The summed E-state index contributed by atoms with van der Waals surface area (Å²) in [6.07, 6.45) is -4.58. The lowest BCUT2D eigenvalue weighted by Gasteiger charge is -2.18. The highest BCUT2D eigenvalue weighted by atomic mass is 35.5. The molecule has 4 aromatic carbocycles. The molecule has 0 aliphatic carbocycles. The Morgan fingerprint density at radius 3 is 2.32 bits per heavy atom. The van der Waals surface area contributed by atoms with Gasteiger partial charge in [-0.1, -0.05) is 53.6 Å². The molecule has 0 aliphatic rings. The van der Waals surface area contributed by atoms with Crippen LogP contribution in [-0.4, -0.2) is 10.9 Å². The molecule has 0 saturated carbocycles. The largest absolute Gasteiger partial charge is 0.489 e. The second kappa shape index (κ2) is 11.3. The highest BCUT2D eigenvalue weighted by molar-refractivity contribution is 6.34. The summed E-state index contributed by atoms with van der Waals surface area (Å²) in [5, 5.41) is 3.22. The van der Waals surface area contributed by atoms with E-state index in [2.05, 4.69) is 5.32 Å². The Kier molecular flexibility index (Phi) is 7.74. The maximum Gasteiger partial charge on any atom is 0.416 e. The smallest absolute Gasteiger partial charge is 0.416 e. The monoisotopic (exact) mass is 574 g/mol. The van der Waals surface area contributed by atoms with Crippen LogP contribution < -0.4 is 10.1 Å². The molecule has 0 saturated heterocycles. The minimum atomic E-state index is -4.58. The third-order valence-electron chi connectivity index (χ3n) is 6.81. The van der Waals surface area contributed by atoms with Crippen molar-refractivity contribution in [2.75, 3.05) is 5.32 Å². The molecule has 0 radical (unpaired) electrons. The predicted octanol–water partition coefficient (Wildman–Crippen LogP) is 9.33. The second-order valence-corrected chi connectivity index (χ2v) is 10.3. The fraction of sp³-hybridized carbons (Fsp3) is 0.152. The zero-order valence-electron chi connectivity index (χ0n) is 22.6. The average molecular weight is 575 g/mol. The Balaban J connectivity index is 1.54. The molecular formula is C33H26ClF3N2O2. The number of aromatic nitrogens is 1. The zero-order chi connectivity index (χ0) is 29.3. The van der Waals surface area contributed by atoms with Crippen LogP contribution in [0.1, 0.15) is 38.2 Å². The van der Waals surface area contributed by atoms with Gasteiger partial charge >= 0.3 is 6.18 Å². The van der Waals surface area contributed by atoms with Crippen molar-refractivity contribution < 1.29 is 22.7 Å². The maximum absolute atomic E-state index is 13.7. The van der Waals surface area contributed by atoms with E-state index >= 15 is 0 Å². The average Bonchev–Trinajstić information content (AvgIpc) is 2.93. The van der Waals surface area contributed by atoms with Gasteiger partial charge in [0, 0.05) is 10.9 Å². The number of nitrogens with zero attached hydrogens (tertiary/aromatic N) is 1. The molecule has 208 valence electrons. The number of amides is 1. The number of carbonyl (C=O) groups is 1. The van der Waals surface area contributed by atoms with Crippen molar-refractivity contribution >= 4 is 34.1 Å². The third-order valence-corrected chi connectivity index (χ3v) is 7.14. The molecule has 1 amide bonds. The van der Waals surface area contributed by atoms with E-state index in [4.69, 9.17) is 21.3 Å². The lowest BCUT2D eigenvalue weighted by molar-refractivity contribution is -0.137. The summed E-state index contributed by atoms with van der Waals surface area (Å²) in [6, 6.07) is 23.9. The number of benzene rings is 4. The first-order valence-electron chi connectivity index (χ1n) is 12.9. The number of carbonyl (C=O) groups excluding carboxylic acids is 1. The van der Waals surface area contributed by atoms with Crippen molar-refractivity contribution in [3.63, 3.8) is 0 Å². The summed E-state index contributed by atoms with van der Waals surface area (Å²) in [5.41, 5.74) is 4.69. The van der Waals surface area contributed by atoms with E-state index in [1.807, 2.05) is 80.6 Å². The van der Waals surface area contributed by atoms with Gasteiger partial charge < -0.3 is 10.1 Å². The summed E-state index contributed by atoms with van der Waals surface area (Å²) in [4.78, 5) is 18.7. The van der Waals surface area contributed by atoms with Gasteiger partial charge in [-0.2, -0.15) is 13.2 Å². The summed E-state index contributed by atoms with van der Waals surface area (Å²) in [7, 11) is 0. The van der Waals surface area contributed by atoms with E-state index < -0.39 is 17.6 Å². The lowest BCUT2D eigenvalue weighted by Crippen LogP contribution is -2.16. The van der Waals surface area contributed by atoms with Crippen LogP contribution >= 0.6 is 11.6 Å². The number of alkyl halides is 3. The Labute approximate surface area is 240 Å². The Morgan fingerprint density at radius 2 is 1.63 bits per heavy atom. The predicted molar refractivity (Wildman–Crippen MR) is 157 cm³/mol. The standard InChI is InChI=1S/C33H26ClF3N2O2/c1-19-15-20(2)30-26(16-19)29(32(40)38-28-17-24(33(35,36)37)11-14-27(28)34)21(3)31(39-30)23-9-12-25(13-10-23)41-18-22-7-5-4-6-8-22/h4-17H,18H2,1-3H3,(H,38,40). The molecule has 1 aromatic heterocycles. The van der Waals surface area contributed by atoms with Gasteiger partial charge in [-0.25, -0.2) is 4.98 Å². The number of nitrogens with one attached hydrogen (secondary N) is 1. The first kappa shape index (κ1) is 28.2. The van der Waals surface area contributed by atoms with Crippen molar-refractivity contribution in [3.8, 4) is 17.0 Å². The van der Waals surface area contributed by atoms with Gasteiger partial charge in [-0.15, -0.1) is 0 Å².